The first kappa shape index (κ1) is 26.8. The highest BCUT2D eigenvalue weighted by Crippen LogP contribution is 2.34. The van der Waals surface area contributed by atoms with E-state index < -0.39 is 40.4 Å². The highest BCUT2D eigenvalue weighted by atomic mass is 35.5. The zero-order valence-corrected chi connectivity index (χ0v) is 21.8. The number of likely N-dealkylation sites (tertiary alicyclic amines) is 1. The summed E-state index contributed by atoms with van der Waals surface area (Å²) in [4.78, 5) is 32.3. The average molecular weight is 560 g/mol. The molecule has 1 unspecified atom stereocenters. The van der Waals surface area contributed by atoms with Gasteiger partial charge in [-0.1, -0.05) is 23.7 Å². The molecule has 0 radical (unpaired) electrons. The van der Waals surface area contributed by atoms with E-state index in [1.54, 1.807) is 42.0 Å². The van der Waals surface area contributed by atoms with Crippen LogP contribution in [0.3, 0.4) is 0 Å². The summed E-state index contributed by atoms with van der Waals surface area (Å²) >= 11 is 5.67. The van der Waals surface area contributed by atoms with Gasteiger partial charge in [0.05, 0.1) is 17.3 Å². The van der Waals surface area contributed by atoms with E-state index >= 15 is 0 Å². The Hall–Kier alpha value is -3.83. The highest BCUT2D eigenvalue weighted by Gasteiger charge is 2.38. The molecule has 1 amide bonds. The molecule has 3 heterocycles. The molecule has 0 saturated carbocycles. The average Bonchev–Trinajstić information content (AvgIpc) is 3.34. The summed E-state index contributed by atoms with van der Waals surface area (Å²) in [5, 5.41) is 10.1. The van der Waals surface area contributed by atoms with Crippen LogP contribution in [0.4, 0.5) is 18.9 Å². The molecule has 8 nitrogen and oxygen atoms in total. The fourth-order valence-corrected chi connectivity index (χ4v) is 5.12. The lowest BCUT2D eigenvalue weighted by Gasteiger charge is -2.36. The van der Waals surface area contributed by atoms with E-state index in [0.717, 1.165) is 12.1 Å². The molecule has 0 spiro atoms. The number of fused-ring (bicyclic) bond motifs is 1. The number of hydrogen-bond donors (Lipinski definition) is 2. The van der Waals surface area contributed by atoms with E-state index in [0.29, 0.717) is 37.3 Å². The molecule has 2 N–H and O–H groups in total. The Morgan fingerprint density at radius 1 is 1.13 bits per heavy atom. The number of aliphatic imine (C=N–C) groups is 1. The maximum absolute atomic E-state index is 14.9. The molecule has 0 aromatic heterocycles. The van der Waals surface area contributed by atoms with E-state index in [2.05, 4.69) is 10.4 Å². The van der Waals surface area contributed by atoms with Crippen LogP contribution in [0, 0.1) is 30.3 Å². The molecule has 0 bridgehead atoms. The maximum Gasteiger partial charge on any atom is 0.306 e. The number of nitrogens with zero attached hydrogens (tertiary/aromatic N) is 4. The van der Waals surface area contributed by atoms with Crippen molar-refractivity contribution >= 4 is 34.9 Å². The predicted octanol–water partition coefficient (Wildman–Crippen LogP) is 4.20. The number of hydrogen-bond acceptors (Lipinski definition) is 6. The number of halogens is 4. The summed E-state index contributed by atoms with van der Waals surface area (Å²) < 4.78 is 43.6. The van der Waals surface area contributed by atoms with Gasteiger partial charge in [0.2, 0.25) is 5.91 Å². The van der Waals surface area contributed by atoms with Crippen LogP contribution in [0.15, 0.2) is 59.1 Å². The van der Waals surface area contributed by atoms with Crippen LogP contribution >= 0.6 is 11.6 Å². The number of para-hydroxylation sites is 1. The normalized spacial score (nSPS) is 19.3. The second-order valence-electron chi connectivity index (χ2n) is 9.62. The third-order valence-electron chi connectivity index (χ3n) is 7.11. The molecule has 12 heteroatoms. The number of carboxylic acid groups (broad SMARTS) is 1. The standard InChI is InChI=1S/C27H25ClF3N5O3/c1-14-4-3-5-17(29)25(14)34(2)23-13-20(16-10-18(30)24(28)19(31)11-16)32-22-12-21(33-36(22)23)26(37)35-8-6-15(7-9-35)27(38)39/h3-5,10-13,15,21,33H,6-9H2,1-2H3,(H,38,39). The van der Waals surface area contributed by atoms with Crippen molar-refractivity contribution in [1.29, 1.82) is 0 Å². The number of carbonyl (C=O) groups is 2. The zero-order valence-electron chi connectivity index (χ0n) is 21.1. The van der Waals surface area contributed by atoms with Crippen molar-refractivity contribution in [1.82, 2.24) is 15.3 Å². The van der Waals surface area contributed by atoms with Gasteiger partial charge in [-0.2, -0.15) is 0 Å². The molecule has 0 aliphatic carbocycles. The minimum atomic E-state index is -0.957. The van der Waals surface area contributed by atoms with Gasteiger partial charge >= 0.3 is 5.97 Å². The Morgan fingerprint density at radius 2 is 1.79 bits per heavy atom. The Kier molecular flexibility index (Phi) is 7.13. The maximum atomic E-state index is 14.9. The number of piperidine rings is 1. The molecular weight excluding hydrogens is 535 g/mol. The van der Waals surface area contributed by atoms with Crippen LogP contribution in [0.2, 0.25) is 5.02 Å². The van der Waals surface area contributed by atoms with Crippen LogP contribution in [0.5, 0.6) is 0 Å². The Balaban J connectivity index is 1.51. The van der Waals surface area contributed by atoms with Crippen molar-refractivity contribution < 1.29 is 27.9 Å². The van der Waals surface area contributed by atoms with Crippen molar-refractivity contribution in [3.8, 4) is 0 Å². The van der Waals surface area contributed by atoms with Crippen molar-refractivity contribution in [2.75, 3.05) is 25.0 Å². The monoisotopic (exact) mass is 559 g/mol. The zero-order chi connectivity index (χ0) is 28.0. The van der Waals surface area contributed by atoms with Crippen molar-refractivity contribution in [3.05, 3.63) is 87.7 Å². The van der Waals surface area contributed by atoms with Crippen LogP contribution < -0.4 is 10.3 Å². The van der Waals surface area contributed by atoms with E-state index in [4.69, 9.17) is 11.6 Å². The minimum Gasteiger partial charge on any atom is -0.481 e. The van der Waals surface area contributed by atoms with Gasteiger partial charge in [0, 0.05) is 31.8 Å². The number of carbonyl (C=O) groups excluding carboxylic acids is 1. The van der Waals surface area contributed by atoms with Crippen LogP contribution in [0.1, 0.15) is 24.0 Å². The van der Waals surface area contributed by atoms with E-state index in [1.165, 1.54) is 17.2 Å². The van der Waals surface area contributed by atoms with E-state index in [1.807, 2.05) is 0 Å². The lowest BCUT2D eigenvalue weighted by molar-refractivity contribution is -0.146. The largest absolute Gasteiger partial charge is 0.481 e. The number of hydrazine groups is 1. The molecule has 2 aromatic rings. The number of aryl methyl sites for hydroxylation is 1. The number of rotatable bonds is 5. The third-order valence-corrected chi connectivity index (χ3v) is 7.47. The summed E-state index contributed by atoms with van der Waals surface area (Å²) in [6, 6.07) is 5.93. The molecular formula is C27H25ClF3N5O3. The minimum absolute atomic E-state index is 0.108. The second-order valence-corrected chi connectivity index (χ2v) is 10.0. The summed E-state index contributed by atoms with van der Waals surface area (Å²) in [5.74, 6) is -3.40. The summed E-state index contributed by atoms with van der Waals surface area (Å²) in [6.07, 6.45) is 3.81. The SMILES string of the molecule is Cc1cccc(F)c1N(C)C1=CC(c2cc(F)c(Cl)c(F)c2)=NC2=CC(C(=O)N3CCC(C(=O)O)CC3)NN21. The summed E-state index contributed by atoms with van der Waals surface area (Å²) in [6.45, 7) is 2.34. The van der Waals surface area contributed by atoms with Gasteiger partial charge in [-0.05, 0) is 49.6 Å². The van der Waals surface area contributed by atoms with Crippen molar-refractivity contribution in [2.24, 2.45) is 10.9 Å². The molecule has 3 aliphatic heterocycles. The van der Waals surface area contributed by atoms with Gasteiger partial charge in [-0.25, -0.2) is 28.6 Å². The van der Waals surface area contributed by atoms with E-state index in [9.17, 15) is 27.9 Å². The van der Waals surface area contributed by atoms with E-state index in [-0.39, 0.29) is 28.7 Å². The lowest BCUT2D eigenvalue weighted by Crippen LogP contribution is -2.51. The first-order valence-corrected chi connectivity index (χ1v) is 12.7. The fraction of sp³-hybridized carbons (Fsp3) is 0.296. The first-order valence-electron chi connectivity index (χ1n) is 12.3. The summed E-state index contributed by atoms with van der Waals surface area (Å²) in [5.41, 5.74) is 4.29. The number of amides is 1. The predicted molar refractivity (Wildman–Crippen MR) is 139 cm³/mol. The van der Waals surface area contributed by atoms with Gasteiger partial charge in [-0.3, -0.25) is 9.59 Å². The smallest absolute Gasteiger partial charge is 0.306 e. The topological polar surface area (TPSA) is 88.5 Å². The van der Waals surface area contributed by atoms with Crippen LogP contribution in [0.25, 0.3) is 0 Å². The molecule has 3 aliphatic rings. The number of anilines is 1. The molecule has 2 aromatic carbocycles. The number of nitrogens with one attached hydrogen (secondary N) is 1. The van der Waals surface area contributed by atoms with Gasteiger partial charge < -0.3 is 14.9 Å². The Bertz CT molecular complexity index is 1410. The molecule has 1 atom stereocenters. The number of aliphatic carboxylic acids is 1. The highest BCUT2D eigenvalue weighted by molar-refractivity contribution is 6.31. The number of allylic oxidation sites excluding steroid dienone is 1. The first-order chi connectivity index (χ1) is 18.5. The van der Waals surface area contributed by atoms with Crippen LogP contribution in [-0.2, 0) is 9.59 Å². The van der Waals surface area contributed by atoms with Gasteiger partial charge in [0.1, 0.15) is 40.2 Å². The Labute approximate surface area is 227 Å². The lowest BCUT2D eigenvalue weighted by atomic mass is 9.97. The quantitative estimate of drug-likeness (QED) is 0.534. The van der Waals surface area contributed by atoms with Gasteiger partial charge in [-0.15, -0.1) is 0 Å². The molecule has 204 valence electrons. The van der Waals surface area contributed by atoms with Gasteiger partial charge in [0.15, 0.2) is 0 Å². The van der Waals surface area contributed by atoms with Crippen LogP contribution in [-0.4, -0.2) is 58.8 Å². The van der Waals surface area contributed by atoms with Gasteiger partial charge in [0.25, 0.3) is 0 Å². The third kappa shape index (κ3) is 4.99. The molecule has 5 rings (SSSR count). The Morgan fingerprint density at radius 3 is 2.41 bits per heavy atom. The number of carboxylic acids is 1. The number of benzene rings is 2. The molecule has 39 heavy (non-hydrogen) atoms. The van der Waals surface area contributed by atoms with Crippen molar-refractivity contribution in [2.45, 2.75) is 25.8 Å². The molecule has 1 saturated heterocycles. The fourth-order valence-electron chi connectivity index (χ4n) is 5.01. The summed E-state index contributed by atoms with van der Waals surface area (Å²) in [7, 11) is 1.63. The van der Waals surface area contributed by atoms with Crippen molar-refractivity contribution in [3.63, 3.8) is 0 Å². The second kappa shape index (κ2) is 10.4. The molecule has 1 fully saturated rings.